The van der Waals surface area contributed by atoms with Gasteiger partial charge < -0.3 is 9.80 Å². The summed E-state index contributed by atoms with van der Waals surface area (Å²) >= 11 is 0. The van der Waals surface area contributed by atoms with Crippen molar-refractivity contribution in [2.24, 2.45) is 0 Å². The van der Waals surface area contributed by atoms with E-state index in [4.69, 9.17) is 0 Å². The SMILES string of the molecule is CCN(Cc1ccccc1)c1ccc(C(c2ccc(N(CC)Cc3cccc(S(=O)(=O)O)c3)cc2)c2c(C)cc(S(=O)(=O)O)cc2C)cc1. The van der Waals surface area contributed by atoms with Gasteiger partial charge in [-0.15, -0.1) is 0 Å². The molecular formula is C39H42N2O6S2. The van der Waals surface area contributed by atoms with Gasteiger partial charge in [0.15, 0.2) is 0 Å². The van der Waals surface area contributed by atoms with Gasteiger partial charge in [-0.05, 0) is 115 Å². The molecule has 0 bridgehead atoms. The van der Waals surface area contributed by atoms with Gasteiger partial charge in [0.25, 0.3) is 20.2 Å². The van der Waals surface area contributed by atoms with Crippen LogP contribution in [-0.4, -0.2) is 39.0 Å². The van der Waals surface area contributed by atoms with Crippen LogP contribution in [0.5, 0.6) is 0 Å². The minimum Gasteiger partial charge on any atom is -0.367 e. The number of aryl methyl sites for hydroxylation is 2. The molecule has 0 spiro atoms. The Morgan fingerprint density at radius 3 is 1.45 bits per heavy atom. The van der Waals surface area contributed by atoms with Crippen molar-refractivity contribution in [1.29, 1.82) is 0 Å². The molecule has 0 aliphatic carbocycles. The second-order valence-electron chi connectivity index (χ2n) is 12.2. The van der Waals surface area contributed by atoms with E-state index in [0.29, 0.717) is 13.1 Å². The fourth-order valence-corrected chi connectivity index (χ4v) is 7.62. The van der Waals surface area contributed by atoms with Crippen LogP contribution in [0.4, 0.5) is 11.4 Å². The van der Waals surface area contributed by atoms with Crippen molar-refractivity contribution >= 4 is 31.6 Å². The van der Waals surface area contributed by atoms with Crippen LogP contribution in [0.1, 0.15) is 58.7 Å². The first-order valence-electron chi connectivity index (χ1n) is 16.2. The number of rotatable bonds is 13. The van der Waals surface area contributed by atoms with E-state index in [-0.39, 0.29) is 15.7 Å². The predicted octanol–water partition coefficient (Wildman–Crippen LogP) is 8.03. The van der Waals surface area contributed by atoms with Gasteiger partial charge in [0.05, 0.1) is 9.79 Å². The molecule has 0 aliphatic rings. The number of hydrogen-bond donors (Lipinski definition) is 2. The monoisotopic (exact) mass is 698 g/mol. The van der Waals surface area contributed by atoms with E-state index in [9.17, 15) is 25.9 Å². The Labute approximate surface area is 290 Å². The topological polar surface area (TPSA) is 115 Å². The molecule has 256 valence electrons. The van der Waals surface area contributed by atoms with E-state index in [1.54, 1.807) is 6.07 Å². The molecule has 0 heterocycles. The van der Waals surface area contributed by atoms with E-state index in [1.807, 2.05) is 57.2 Å². The summed E-state index contributed by atoms with van der Waals surface area (Å²) in [5.41, 5.74) is 8.50. The minimum atomic E-state index is -4.38. The van der Waals surface area contributed by atoms with E-state index in [2.05, 4.69) is 65.3 Å². The Balaban J connectivity index is 1.52. The Kier molecular flexibility index (Phi) is 10.9. The van der Waals surface area contributed by atoms with Crippen molar-refractivity contribution in [2.45, 2.75) is 56.5 Å². The van der Waals surface area contributed by atoms with Crippen molar-refractivity contribution in [3.63, 3.8) is 0 Å². The molecule has 0 amide bonds. The number of benzene rings is 5. The molecule has 0 saturated heterocycles. The lowest BCUT2D eigenvalue weighted by molar-refractivity contribution is 0.480. The van der Waals surface area contributed by atoms with Crippen LogP contribution in [-0.2, 0) is 33.3 Å². The van der Waals surface area contributed by atoms with Crippen molar-refractivity contribution in [2.75, 3.05) is 22.9 Å². The minimum absolute atomic E-state index is 0.133. The maximum Gasteiger partial charge on any atom is 0.294 e. The molecular weight excluding hydrogens is 657 g/mol. The smallest absolute Gasteiger partial charge is 0.294 e. The zero-order chi connectivity index (χ0) is 35.3. The molecule has 10 heteroatoms. The summed E-state index contributed by atoms with van der Waals surface area (Å²) in [5, 5.41) is 0. The first-order valence-corrected chi connectivity index (χ1v) is 19.0. The lowest BCUT2D eigenvalue weighted by atomic mass is 9.81. The van der Waals surface area contributed by atoms with Crippen LogP contribution in [0.2, 0.25) is 0 Å². The van der Waals surface area contributed by atoms with Crippen LogP contribution < -0.4 is 9.80 Å². The Morgan fingerprint density at radius 1 is 0.551 bits per heavy atom. The van der Waals surface area contributed by atoms with Gasteiger partial charge in [0.2, 0.25) is 0 Å². The van der Waals surface area contributed by atoms with Gasteiger partial charge in [-0.2, -0.15) is 16.8 Å². The van der Waals surface area contributed by atoms with Crippen molar-refractivity contribution < 1.29 is 25.9 Å². The molecule has 49 heavy (non-hydrogen) atoms. The highest BCUT2D eigenvalue weighted by molar-refractivity contribution is 7.86. The largest absolute Gasteiger partial charge is 0.367 e. The molecule has 5 aromatic carbocycles. The molecule has 1 unspecified atom stereocenters. The first kappa shape index (κ1) is 35.8. The van der Waals surface area contributed by atoms with Crippen LogP contribution >= 0.6 is 0 Å². The van der Waals surface area contributed by atoms with Crippen LogP contribution in [0.3, 0.4) is 0 Å². The molecule has 0 saturated carbocycles. The summed E-state index contributed by atoms with van der Waals surface area (Å²) in [6.07, 6.45) is 0. The summed E-state index contributed by atoms with van der Waals surface area (Å²) in [4.78, 5) is 4.15. The lowest BCUT2D eigenvalue weighted by Crippen LogP contribution is -2.22. The number of nitrogens with zero attached hydrogens (tertiary/aromatic N) is 2. The van der Waals surface area contributed by atoms with Gasteiger partial charge in [-0.1, -0.05) is 66.7 Å². The fraction of sp³-hybridized carbons (Fsp3) is 0.231. The second-order valence-corrected chi connectivity index (χ2v) is 15.0. The third kappa shape index (κ3) is 8.58. The highest BCUT2D eigenvalue weighted by Gasteiger charge is 2.24. The molecule has 2 N–H and O–H groups in total. The zero-order valence-corrected chi connectivity index (χ0v) is 29.7. The fourth-order valence-electron chi connectivity index (χ4n) is 6.42. The molecule has 0 aromatic heterocycles. The quantitative estimate of drug-likeness (QED) is 0.0939. The van der Waals surface area contributed by atoms with E-state index in [1.165, 1.54) is 29.8 Å². The molecule has 0 radical (unpaired) electrons. The summed E-state index contributed by atoms with van der Waals surface area (Å²) in [7, 11) is -8.69. The highest BCUT2D eigenvalue weighted by Crippen LogP contribution is 2.38. The average Bonchev–Trinajstić information content (AvgIpc) is 3.08. The summed E-state index contributed by atoms with van der Waals surface area (Å²) < 4.78 is 66.8. The molecule has 8 nitrogen and oxygen atoms in total. The van der Waals surface area contributed by atoms with Crippen LogP contribution in [0, 0.1) is 13.8 Å². The number of hydrogen-bond acceptors (Lipinski definition) is 6. The van der Waals surface area contributed by atoms with Gasteiger partial charge in [-0.25, -0.2) is 0 Å². The predicted molar refractivity (Wildman–Crippen MR) is 196 cm³/mol. The van der Waals surface area contributed by atoms with Gasteiger partial charge in [0.1, 0.15) is 0 Å². The summed E-state index contributed by atoms with van der Waals surface area (Å²) in [6, 6.07) is 36.3. The third-order valence-corrected chi connectivity index (χ3v) is 10.6. The van der Waals surface area contributed by atoms with Crippen LogP contribution in [0.25, 0.3) is 0 Å². The summed E-state index contributed by atoms with van der Waals surface area (Å²) in [6.45, 7) is 10.6. The molecule has 5 aromatic rings. The first-order chi connectivity index (χ1) is 23.3. The second kappa shape index (κ2) is 15.0. The maximum atomic E-state index is 12.1. The molecule has 0 fully saturated rings. The number of anilines is 2. The van der Waals surface area contributed by atoms with Gasteiger partial charge in [0, 0.05) is 43.5 Å². The molecule has 0 aliphatic heterocycles. The standard InChI is InChI=1S/C39H42N2O6S2/c1-5-40(26-30-11-8-7-9-12-30)34-19-15-32(16-20-34)39(38-28(3)23-37(24-29(38)4)49(45,46)47)33-17-21-35(22-18-33)41(6-2)27-31-13-10-14-36(25-31)48(42,43)44/h7-25,39H,5-6,26-27H2,1-4H3,(H,42,43,44)(H,45,46,47). The molecule has 5 rings (SSSR count). The van der Waals surface area contributed by atoms with E-state index >= 15 is 0 Å². The van der Waals surface area contributed by atoms with Crippen molar-refractivity contribution in [3.8, 4) is 0 Å². The lowest BCUT2D eigenvalue weighted by Gasteiger charge is -2.27. The maximum absolute atomic E-state index is 12.1. The van der Waals surface area contributed by atoms with E-state index < -0.39 is 20.2 Å². The van der Waals surface area contributed by atoms with Crippen LogP contribution in [0.15, 0.2) is 125 Å². The normalized spacial score (nSPS) is 12.4. The Hall–Kier alpha value is -4.48. The van der Waals surface area contributed by atoms with Gasteiger partial charge in [-0.3, -0.25) is 9.11 Å². The zero-order valence-electron chi connectivity index (χ0n) is 28.1. The average molecular weight is 699 g/mol. The Morgan fingerprint density at radius 2 is 1.00 bits per heavy atom. The van der Waals surface area contributed by atoms with Gasteiger partial charge >= 0.3 is 0 Å². The molecule has 1 atom stereocenters. The van der Waals surface area contributed by atoms with Crippen molar-refractivity contribution in [1.82, 2.24) is 0 Å². The summed E-state index contributed by atoms with van der Waals surface area (Å²) in [5.74, 6) is -0.232. The Bertz CT molecular complexity index is 2090. The highest BCUT2D eigenvalue weighted by atomic mass is 32.2. The third-order valence-electron chi connectivity index (χ3n) is 8.89. The van der Waals surface area contributed by atoms with Crippen molar-refractivity contribution in [3.05, 3.63) is 154 Å². The van der Waals surface area contributed by atoms with E-state index in [0.717, 1.165) is 57.8 Å².